The van der Waals surface area contributed by atoms with E-state index < -0.39 is 10.0 Å². The van der Waals surface area contributed by atoms with Gasteiger partial charge in [-0.15, -0.1) is 11.3 Å². The van der Waals surface area contributed by atoms with Crippen LogP contribution in [0.2, 0.25) is 0 Å². The number of thiazole rings is 1. The average molecular weight is 276 g/mol. The second-order valence-corrected chi connectivity index (χ2v) is 7.50. The predicted molar refractivity (Wildman–Crippen MR) is 65.4 cm³/mol. The first-order valence-electron chi connectivity index (χ1n) is 5.60. The average Bonchev–Trinajstić information content (AvgIpc) is 2.69. The number of aliphatic hydroxyl groups is 1. The molecule has 1 aliphatic carbocycles. The summed E-state index contributed by atoms with van der Waals surface area (Å²) in [4.78, 5) is 3.95. The molecule has 0 aliphatic heterocycles. The zero-order valence-electron chi connectivity index (χ0n) is 9.59. The third-order valence-corrected chi connectivity index (χ3v) is 5.78. The summed E-state index contributed by atoms with van der Waals surface area (Å²) in [7, 11) is -3.43. The fourth-order valence-corrected chi connectivity index (χ4v) is 4.37. The van der Waals surface area contributed by atoms with Crippen molar-refractivity contribution in [1.82, 2.24) is 9.71 Å². The van der Waals surface area contributed by atoms with E-state index in [-0.39, 0.29) is 16.4 Å². The minimum atomic E-state index is -3.43. The summed E-state index contributed by atoms with van der Waals surface area (Å²) >= 11 is 1.17. The summed E-state index contributed by atoms with van der Waals surface area (Å²) < 4.78 is 26.9. The summed E-state index contributed by atoms with van der Waals surface area (Å²) in [6, 6.07) is -0.0641. The molecule has 1 aromatic heterocycles. The van der Waals surface area contributed by atoms with Crippen molar-refractivity contribution in [2.45, 2.75) is 49.0 Å². The number of nitrogens with zero attached hydrogens (tertiary/aromatic N) is 1. The third-order valence-electron chi connectivity index (χ3n) is 2.88. The Kier molecular flexibility index (Phi) is 3.82. The van der Waals surface area contributed by atoms with Crippen molar-refractivity contribution >= 4 is 21.4 Å². The Labute approximate surface area is 105 Å². The molecule has 5 nitrogen and oxygen atoms in total. The standard InChI is InChI=1S/C10H16N2O3S2/c1-7-11-6-10(16-7)17(14,15)12-8-2-4-9(13)5-3-8/h6,8-9,12-13H,2-5H2,1H3. The van der Waals surface area contributed by atoms with E-state index in [0.717, 1.165) is 5.01 Å². The summed E-state index contributed by atoms with van der Waals surface area (Å²) in [6.45, 7) is 1.78. The Balaban J connectivity index is 2.03. The van der Waals surface area contributed by atoms with Gasteiger partial charge in [0.05, 0.1) is 17.3 Å². The lowest BCUT2D eigenvalue weighted by molar-refractivity contribution is 0.120. The van der Waals surface area contributed by atoms with Crippen molar-refractivity contribution in [3.05, 3.63) is 11.2 Å². The van der Waals surface area contributed by atoms with Crippen molar-refractivity contribution < 1.29 is 13.5 Å². The number of aliphatic hydroxyl groups excluding tert-OH is 1. The molecule has 0 saturated heterocycles. The van der Waals surface area contributed by atoms with Gasteiger partial charge in [-0.05, 0) is 32.6 Å². The van der Waals surface area contributed by atoms with E-state index in [4.69, 9.17) is 0 Å². The number of hydrogen-bond donors (Lipinski definition) is 2. The van der Waals surface area contributed by atoms with Crippen molar-refractivity contribution in [2.24, 2.45) is 0 Å². The molecule has 0 bridgehead atoms. The quantitative estimate of drug-likeness (QED) is 0.864. The summed E-state index contributed by atoms with van der Waals surface area (Å²) in [5.41, 5.74) is 0. The van der Waals surface area contributed by atoms with Crippen LogP contribution in [-0.4, -0.2) is 30.7 Å². The molecule has 1 aromatic rings. The number of aromatic nitrogens is 1. The number of nitrogens with one attached hydrogen (secondary N) is 1. The Morgan fingerprint density at radius 3 is 2.59 bits per heavy atom. The fourth-order valence-electron chi connectivity index (χ4n) is 1.94. The van der Waals surface area contributed by atoms with Crippen LogP contribution in [0.1, 0.15) is 30.7 Å². The van der Waals surface area contributed by atoms with Gasteiger partial charge in [-0.25, -0.2) is 18.1 Å². The van der Waals surface area contributed by atoms with Gasteiger partial charge in [0.1, 0.15) is 0 Å². The molecule has 1 aliphatic rings. The van der Waals surface area contributed by atoms with Crippen LogP contribution in [0, 0.1) is 6.92 Å². The zero-order valence-corrected chi connectivity index (χ0v) is 11.2. The maximum atomic E-state index is 12.0. The fraction of sp³-hybridized carbons (Fsp3) is 0.700. The number of sulfonamides is 1. The topological polar surface area (TPSA) is 79.3 Å². The predicted octanol–water partition coefficient (Wildman–Crippen LogP) is 1.03. The molecule has 17 heavy (non-hydrogen) atoms. The van der Waals surface area contributed by atoms with E-state index in [2.05, 4.69) is 9.71 Å². The highest BCUT2D eigenvalue weighted by Crippen LogP contribution is 2.22. The van der Waals surface area contributed by atoms with E-state index in [1.165, 1.54) is 17.5 Å². The van der Waals surface area contributed by atoms with Crippen LogP contribution >= 0.6 is 11.3 Å². The van der Waals surface area contributed by atoms with Crippen molar-refractivity contribution in [3.63, 3.8) is 0 Å². The highest BCUT2D eigenvalue weighted by atomic mass is 32.2. The van der Waals surface area contributed by atoms with Gasteiger partial charge in [0, 0.05) is 6.04 Å². The van der Waals surface area contributed by atoms with E-state index in [1.807, 2.05) is 0 Å². The smallest absolute Gasteiger partial charge is 0.251 e. The Morgan fingerprint density at radius 1 is 1.41 bits per heavy atom. The first kappa shape index (κ1) is 12.9. The summed E-state index contributed by atoms with van der Waals surface area (Å²) in [5, 5.41) is 10.1. The molecule has 1 saturated carbocycles. The first-order chi connectivity index (χ1) is 7.97. The molecule has 1 heterocycles. The molecule has 0 unspecified atom stereocenters. The largest absolute Gasteiger partial charge is 0.393 e. The Bertz CT molecular complexity index is 475. The van der Waals surface area contributed by atoms with Crippen LogP contribution < -0.4 is 4.72 Å². The molecule has 96 valence electrons. The number of rotatable bonds is 3. The summed E-state index contributed by atoms with van der Waals surface area (Å²) in [6.07, 6.45) is 3.82. The van der Waals surface area contributed by atoms with Gasteiger partial charge in [0.15, 0.2) is 4.21 Å². The number of aryl methyl sites for hydroxylation is 1. The van der Waals surface area contributed by atoms with Crippen LogP contribution in [0.3, 0.4) is 0 Å². The molecule has 0 atom stereocenters. The molecular weight excluding hydrogens is 260 g/mol. The lowest BCUT2D eigenvalue weighted by atomic mass is 9.94. The van der Waals surface area contributed by atoms with Crippen molar-refractivity contribution in [3.8, 4) is 0 Å². The van der Waals surface area contributed by atoms with E-state index in [9.17, 15) is 13.5 Å². The lowest BCUT2D eigenvalue weighted by Crippen LogP contribution is -2.38. The second-order valence-electron chi connectivity index (χ2n) is 4.33. The summed E-state index contributed by atoms with van der Waals surface area (Å²) in [5.74, 6) is 0. The zero-order chi connectivity index (χ0) is 12.5. The van der Waals surface area contributed by atoms with Crippen LogP contribution in [0.5, 0.6) is 0 Å². The molecular formula is C10H16N2O3S2. The Morgan fingerprint density at radius 2 is 2.06 bits per heavy atom. The highest BCUT2D eigenvalue weighted by Gasteiger charge is 2.25. The normalized spacial score (nSPS) is 26.0. The highest BCUT2D eigenvalue weighted by molar-refractivity contribution is 7.91. The molecule has 1 fully saturated rings. The first-order valence-corrected chi connectivity index (χ1v) is 7.90. The van der Waals surface area contributed by atoms with Crippen molar-refractivity contribution in [1.29, 1.82) is 0 Å². The van der Waals surface area contributed by atoms with Crippen LogP contribution in [0.25, 0.3) is 0 Å². The maximum absolute atomic E-state index is 12.0. The van der Waals surface area contributed by atoms with E-state index in [1.54, 1.807) is 6.92 Å². The van der Waals surface area contributed by atoms with Crippen LogP contribution in [0.4, 0.5) is 0 Å². The second kappa shape index (κ2) is 5.01. The molecule has 0 radical (unpaired) electrons. The van der Waals surface area contributed by atoms with E-state index >= 15 is 0 Å². The molecule has 0 amide bonds. The molecule has 7 heteroatoms. The minimum absolute atomic E-state index is 0.0641. The molecule has 2 rings (SSSR count). The third kappa shape index (κ3) is 3.25. The lowest BCUT2D eigenvalue weighted by Gasteiger charge is -2.25. The van der Waals surface area contributed by atoms with Gasteiger partial charge >= 0.3 is 0 Å². The monoisotopic (exact) mass is 276 g/mol. The van der Waals surface area contributed by atoms with Crippen LogP contribution in [-0.2, 0) is 10.0 Å². The minimum Gasteiger partial charge on any atom is -0.393 e. The van der Waals surface area contributed by atoms with Gasteiger partial charge < -0.3 is 5.11 Å². The number of hydrogen-bond acceptors (Lipinski definition) is 5. The molecule has 2 N–H and O–H groups in total. The van der Waals surface area contributed by atoms with Gasteiger partial charge in [-0.2, -0.15) is 0 Å². The SMILES string of the molecule is Cc1ncc(S(=O)(=O)NC2CCC(O)CC2)s1. The maximum Gasteiger partial charge on any atom is 0.251 e. The van der Waals surface area contributed by atoms with Gasteiger partial charge in [0.2, 0.25) is 0 Å². The van der Waals surface area contributed by atoms with Crippen molar-refractivity contribution in [2.75, 3.05) is 0 Å². The Hall–Kier alpha value is -0.500. The molecule has 0 aromatic carbocycles. The molecule has 0 spiro atoms. The van der Waals surface area contributed by atoms with E-state index in [0.29, 0.717) is 25.7 Å². The van der Waals surface area contributed by atoms with Crippen LogP contribution in [0.15, 0.2) is 10.4 Å². The van der Waals surface area contributed by atoms with Gasteiger partial charge in [-0.3, -0.25) is 0 Å². The van der Waals surface area contributed by atoms with Gasteiger partial charge in [-0.1, -0.05) is 0 Å². The van der Waals surface area contributed by atoms with Gasteiger partial charge in [0.25, 0.3) is 10.0 Å².